The van der Waals surface area contributed by atoms with Crippen LogP contribution in [0.2, 0.25) is 0 Å². The summed E-state index contributed by atoms with van der Waals surface area (Å²) in [5.74, 6) is 0.489. The number of rotatable bonds is 5. The lowest BCUT2D eigenvalue weighted by Crippen LogP contribution is -2.46. The summed E-state index contributed by atoms with van der Waals surface area (Å²) in [5.41, 5.74) is 6.74. The average molecular weight is 261 g/mol. The lowest BCUT2D eigenvalue weighted by Gasteiger charge is -2.31. The molecule has 1 aromatic carbocycles. The Morgan fingerprint density at radius 2 is 1.95 bits per heavy atom. The van der Waals surface area contributed by atoms with Crippen LogP contribution in [-0.4, -0.2) is 25.0 Å². The summed E-state index contributed by atoms with van der Waals surface area (Å²) in [5, 5.41) is 6.23. The Bertz CT molecular complexity index is 394. The molecule has 1 aromatic rings. The summed E-state index contributed by atoms with van der Waals surface area (Å²) < 4.78 is 0. The van der Waals surface area contributed by atoms with E-state index in [0.29, 0.717) is 19.0 Å². The SMILES string of the molecule is NCC1CCCCC1NC(=O)CNc1ccccc1. The fraction of sp³-hybridized carbons (Fsp3) is 0.533. The van der Waals surface area contributed by atoms with Crippen molar-refractivity contribution < 1.29 is 4.79 Å². The van der Waals surface area contributed by atoms with Gasteiger partial charge in [-0.05, 0) is 37.4 Å². The molecular weight excluding hydrogens is 238 g/mol. The van der Waals surface area contributed by atoms with Gasteiger partial charge in [0.05, 0.1) is 6.54 Å². The highest BCUT2D eigenvalue weighted by Gasteiger charge is 2.24. The van der Waals surface area contributed by atoms with Gasteiger partial charge in [-0.25, -0.2) is 0 Å². The smallest absolute Gasteiger partial charge is 0.239 e. The van der Waals surface area contributed by atoms with Gasteiger partial charge in [0.15, 0.2) is 0 Å². The summed E-state index contributed by atoms with van der Waals surface area (Å²) in [6, 6.07) is 10.0. The summed E-state index contributed by atoms with van der Waals surface area (Å²) in [7, 11) is 0. The van der Waals surface area contributed by atoms with Crippen LogP contribution in [0.4, 0.5) is 5.69 Å². The molecule has 0 saturated heterocycles. The van der Waals surface area contributed by atoms with Gasteiger partial charge in [-0.3, -0.25) is 4.79 Å². The van der Waals surface area contributed by atoms with Crippen LogP contribution in [0.1, 0.15) is 25.7 Å². The Morgan fingerprint density at radius 1 is 1.21 bits per heavy atom. The highest BCUT2D eigenvalue weighted by molar-refractivity contribution is 5.81. The predicted molar refractivity (Wildman–Crippen MR) is 77.9 cm³/mol. The second-order valence-electron chi connectivity index (χ2n) is 5.17. The van der Waals surface area contributed by atoms with E-state index in [0.717, 1.165) is 18.5 Å². The lowest BCUT2D eigenvalue weighted by atomic mass is 9.84. The molecule has 2 rings (SSSR count). The number of carbonyl (C=O) groups is 1. The van der Waals surface area contributed by atoms with Crippen molar-refractivity contribution in [2.75, 3.05) is 18.4 Å². The van der Waals surface area contributed by atoms with Crippen molar-refractivity contribution in [3.05, 3.63) is 30.3 Å². The molecule has 4 nitrogen and oxygen atoms in total. The first-order valence-corrected chi connectivity index (χ1v) is 7.08. The van der Waals surface area contributed by atoms with Gasteiger partial charge in [-0.15, -0.1) is 0 Å². The van der Waals surface area contributed by atoms with Crippen molar-refractivity contribution >= 4 is 11.6 Å². The Kier molecular flexibility index (Phi) is 5.21. The number of hydrogen-bond acceptors (Lipinski definition) is 3. The standard InChI is InChI=1S/C15H23N3O/c16-10-12-6-4-5-9-14(12)18-15(19)11-17-13-7-2-1-3-8-13/h1-3,7-8,12,14,17H,4-6,9-11,16H2,(H,18,19). The predicted octanol–water partition coefficient (Wildman–Crippen LogP) is 1.73. The molecular formula is C15H23N3O. The topological polar surface area (TPSA) is 67.1 Å². The number of hydrogen-bond donors (Lipinski definition) is 3. The third-order valence-electron chi connectivity index (χ3n) is 3.79. The first kappa shape index (κ1) is 13.9. The molecule has 2 unspecified atom stereocenters. The van der Waals surface area contributed by atoms with E-state index in [1.807, 2.05) is 30.3 Å². The normalized spacial score (nSPS) is 22.8. The molecule has 0 bridgehead atoms. The van der Waals surface area contributed by atoms with Gasteiger partial charge in [-0.2, -0.15) is 0 Å². The molecule has 4 N–H and O–H groups in total. The molecule has 1 fully saturated rings. The fourth-order valence-corrected chi connectivity index (χ4v) is 2.68. The summed E-state index contributed by atoms with van der Waals surface area (Å²) in [6.07, 6.45) is 4.61. The van der Waals surface area contributed by atoms with Crippen LogP contribution >= 0.6 is 0 Å². The van der Waals surface area contributed by atoms with Crippen molar-refractivity contribution in [1.29, 1.82) is 0 Å². The van der Waals surface area contributed by atoms with Crippen LogP contribution in [0.5, 0.6) is 0 Å². The Morgan fingerprint density at radius 3 is 2.68 bits per heavy atom. The van der Waals surface area contributed by atoms with Gasteiger partial charge in [0.2, 0.25) is 5.91 Å². The number of nitrogens with two attached hydrogens (primary N) is 1. The van der Waals surface area contributed by atoms with Crippen molar-refractivity contribution in [1.82, 2.24) is 5.32 Å². The second kappa shape index (κ2) is 7.14. The molecule has 0 aliphatic heterocycles. The van der Waals surface area contributed by atoms with Gasteiger partial charge in [-0.1, -0.05) is 31.0 Å². The van der Waals surface area contributed by atoms with E-state index in [1.165, 1.54) is 12.8 Å². The minimum Gasteiger partial charge on any atom is -0.376 e. The van der Waals surface area contributed by atoms with E-state index in [2.05, 4.69) is 10.6 Å². The minimum absolute atomic E-state index is 0.0502. The molecule has 0 heterocycles. The third kappa shape index (κ3) is 4.24. The molecule has 0 spiro atoms. The summed E-state index contributed by atoms with van der Waals surface area (Å²) in [6.45, 7) is 0.981. The maximum atomic E-state index is 11.9. The van der Waals surface area contributed by atoms with E-state index < -0.39 is 0 Å². The van der Waals surface area contributed by atoms with Crippen LogP contribution in [0.3, 0.4) is 0 Å². The van der Waals surface area contributed by atoms with Crippen LogP contribution in [0.25, 0.3) is 0 Å². The maximum absolute atomic E-state index is 11.9. The average Bonchev–Trinajstić information content (AvgIpc) is 2.47. The first-order chi connectivity index (χ1) is 9.29. The summed E-state index contributed by atoms with van der Waals surface area (Å²) >= 11 is 0. The molecule has 19 heavy (non-hydrogen) atoms. The maximum Gasteiger partial charge on any atom is 0.239 e. The molecule has 0 radical (unpaired) electrons. The van der Waals surface area contributed by atoms with E-state index in [4.69, 9.17) is 5.73 Å². The largest absolute Gasteiger partial charge is 0.376 e. The van der Waals surface area contributed by atoms with Gasteiger partial charge < -0.3 is 16.4 Å². The van der Waals surface area contributed by atoms with Crippen molar-refractivity contribution in [3.63, 3.8) is 0 Å². The van der Waals surface area contributed by atoms with Crippen molar-refractivity contribution in [2.45, 2.75) is 31.7 Å². The molecule has 2 atom stereocenters. The Labute approximate surface area is 114 Å². The number of carbonyl (C=O) groups excluding carboxylic acids is 1. The lowest BCUT2D eigenvalue weighted by molar-refractivity contribution is -0.120. The van der Waals surface area contributed by atoms with Gasteiger partial charge in [0.1, 0.15) is 0 Å². The van der Waals surface area contributed by atoms with E-state index in [9.17, 15) is 4.79 Å². The second-order valence-corrected chi connectivity index (χ2v) is 5.17. The van der Waals surface area contributed by atoms with Gasteiger partial charge >= 0.3 is 0 Å². The van der Waals surface area contributed by atoms with Gasteiger partial charge in [0, 0.05) is 11.7 Å². The molecule has 4 heteroatoms. The minimum atomic E-state index is 0.0502. The first-order valence-electron chi connectivity index (χ1n) is 7.08. The van der Waals surface area contributed by atoms with Crippen LogP contribution in [-0.2, 0) is 4.79 Å². The highest BCUT2D eigenvalue weighted by Crippen LogP contribution is 2.23. The molecule has 104 valence electrons. The third-order valence-corrected chi connectivity index (χ3v) is 3.79. The molecule has 1 aliphatic carbocycles. The van der Waals surface area contributed by atoms with Crippen molar-refractivity contribution in [2.24, 2.45) is 11.7 Å². The highest BCUT2D eigenvalue weighted by atomic mass is 16.2. The molecule has 1 saturated carbocycles. The number of benzene rings is 1. The zero-order valence-corrected chi connectivity index (χ0v) is 11.3. The number of para-hydroxylation sites is 1. The molecule has 1 amide bonds. The summed E-state index contributed by atoms with van der Waals surface area (Å²) in [4.78, 5) is 11.9. The van der Waals surface area contributed by atoms with Crippen molar-refractivity contribution in [3.8, 4) is 0 Å². The molecule has 0 aromatic heterocycles. The Hall–Kier alpha value is -1.55. The van der Waals surface area contributed by atoms with Crippen LogP contribution < -0.4 is 16.4 Å². The van der Waals surface area contributed by atoms with Crippen LogP contribution in [0, 0.1) is 5.92 Å². The quantitative estimate of drug-likeness (QED) is 0.756. The zero-order valence-electron chi connectivity index (χ0n) is 11.3. The van der Waals surface area contributed by atoms with E-state index >= 15 is 0 Å². The van der Waals surface area contributed by atoms with Crippen LogP contribution in [0.15, 0.2) is 30.3 Å². The fourth-order valence-electron chi connectivity index (χ4n) is 2.68. The van der Waals surface area contributed by atoms with Gasteiger partial charge in [0.25, 0.3) is 0 Å². The zero-order chi connectivity index (χ0) is 13.5. The number of nitrogens with one attached hydrogen (secondary N) is 2. The Balaban J connectivity index is 1.77. The van der Waals surface area contributed by atoms with E-state index in [1.54, 1.807) is 0 Å². The number of amides is 1. The van der Waals surface area contributed by atoms with E-state index in [-0.39, 0.29) is 11.9 Å². The number of anilines is 1. The molecule has 1 aliphatic rings. The monoisotopic (exact) mass is 261 g/mol.